The van der Waals surface area contributed by atoms with Gasteiger partial charge in [0.1, 0.15) is 5.75 Å². The number of hydrogen-bond acceptors (Lipinski definition) is 4. The van der Waals surface area contributed by atoms with E-state index in [2.05, 4.69) is 5.48 Å². The predicted octanol–water partition coefficient (Wildman–Crippen LogP) is 4.82. The molecule has 0 bridgehead atoms. The van der Waals surface area contributed by atoms with E-state index in [1.807, 2.05) is 37.3 Å². The molecule has 148 valence electrons. The highest BCUT2D eigenvalue weighted by atomic mass is 19.4. The van der Waals surface area contributed by atoms with E-state index in [0.29, 0.717) is 11.1 Å². The monoisotopic (exact) mass is 391 g/mol. The first-order valence-corrected chi connectivity index (χ1v) is 8.74. The Bertz CT molecular complexity index is 907. The maximum atomic E-state index is 13.5. The first kappa shape index (κ1) is 19.9. The average Bonchev–Trinajstić information content (AvgIpc) is 2.64. The fourth-order valence-electron chi connectivity index (χ4n) is 3.10. The molecule has 2 aromatic carbocycles. The zero-order valence-corrected chi connectivity index (χ0v) is 15.6. The van der Waals surface area contributed by atoms with Gasteiger partial charge < -0.3 is 9.57 Å². The lowest BCUT2D eigenvalue weighted by Crippen LogP contribution is -2.42. The van der Waals surface area contributed by atoms with Crippen molar-refractivity contribution in [1.82, 2.24) is 5.48 Å². The van der Waals surface area contributed by atoms with Gasteiger partial charge in [-0.05, 0) is 44.0 Å². The first-order chi connectivity index (χ1) is 13.2. The number of hydrogen-bond donors (Lipinski definition) is 1. The van der Waals surface area contributed by atoms with Crippen LogP contribution in [0.2, 0.25) is 0 Å². The molecule has 7 heteroatoms. The summed E-state index contributed by atoms with van der Waals surface area (Å²) in [7, 11) is 0. The zero-order chi connectivity index (χ0) is 20.5. The highest BCUT2D eigenvalue weighted by Gasteiger charge is 2.49. The molecule has 0 aromatic heterocycles. The van der Waals surface area contributed by atoms with E-state index < -0.39 is 29.9 Å². The topological polar surface area (TPSA) is 47.6 Å². The molecule has 0 saturated carbocycles. The van der Waals surface area contributed by atoms with E-state index in [1.165, 1.54) is 6.08 Å². The van der Waals surface area contributed by atoms with Crippen LogP contribution in [0.1, 0.15) is 35.2 Å². The summed E-state index contributed by atoms with van der Waals surface area (Å²) in [5.74, 6) is -1.01. The van der Waals surface area contributed by atoms with Gasteiger partial charge in [-0.2, -0.15) is 13.2 Å². The maximum Gasteiger partial charge on any atom is 0.430 e. The maximum absolute atomic E-state index is 13.5. The quantitative estimate of drug-likeness (QED) is 0.760. The van der Waals surface area contributed by atoms with E-state index in [4.69, 9.17) is 9.57 Å². The minimum atomic E-state index is -4.76. The van der Waals surface area contributed by atoms with Gasteiger partial charge in [0.2, 0.25) is 6.10 Å². The molecule has 0 spiro atoms. The Labute approximate surface area is 160 Å². The van der Waals surface area contributed by atoms with Crippen LogP contribution in [0.5, 0.6) is 5.75 Å². The minimum Gasteiger partial charge on any atom is -0.475 e. The number of carbonyl (C=O) groups excluding carboxylic acids is 1. The van der Waals surface area contributed by atoms with Gasteiger partial charge in [0, 0.05) is 5.56 Å². The third kappa shape index (κ3) is 4.20. The van der Waals surface area contributed by atoms with Crippen molar-refractivity contribution in [3.63, 3.8) is 0 Å². The molecule has 0 unspecified atom stereocenters. The lowest BCUT2D eigenvalue weighted by molar-refractivity contribution is -0.189. The summed E-state index contributed by atoms with van der Waals surface area (Å²) in [6.45, 7) is 5.22. The Morgan fingerprint density at radius 2 is 1.86 bits per heavy atom. The molecule has 28 heavy (non-hydrogen) atoms. The Morgan fingerprint density at radius 3 is 2.50 bits per heavy atom. The highest BCUT2D eigenvalue weighted by molar-refractivity contribution is 5.96. The number of fused-ring (bicyclic) bond motifs is 1. The van der Waals surface area contributed by atoms with E-state index >= 15 is 0 Å². The average molecular weight is 391 g/mol. The largest absolute Gasteiger partial charge is 0.475 e. The Balaban J connectivity index is 1.85. The van der Waals surface area contributed by atoms with E-state index in [-0.39, 0.29) is 5.75 Å². The van der Waals surface area contributed by atoms with Crippen molar-refractivity contribution >= 4 is 12.0 Å². The van der Waals surface area contributed by atoms with Gasteiger partial charge in [-0.15, -0.1) is 5.48 Å². The third-order valence-corrected chi connectivity index (χ3v) is 4.44. The SMILES string of the molecule is Cc1cc(C)c2c(c1)C=C(C(=O)ON[C@H](C)c1ccccc1)[C@H](C(F)(F)F)O2. The van der Waals surface area contributed by atoms with Crippen LogP contribution in [0.4, 0.5) is 13.2 Å². The summed E-state index contributed by atoms with van der Waals surface area (Å²) in [5, 5.41) is 0. The number of aryl methyl sites for hydroxylation is 2. The van der Waals surface area contributed by atoms with Crippen molar-refractivity contribution < 1.29 is 27.5 Å². The Kier molecular flexibility index (Phi) is 5.47. The van der Waals surface area contributed by atoms with Gasteiger partial charge in [0.25, 0.3) is 0 Å². The van der Waals surface area contributed by atoms with Gasteiger partial charge in [0.15, 0.2) is 0 Å². The summed E-state index contributed by atoms with van der Waals surface area (Å²) in [4.78, 5) is 17.4. The summed E-state index contributed by atoms with van der Waals surface area (Å²) in [6.07, 6.45) is -5.96. The minimum absolute atomic E-state index is 0.120. The van der Waals surface area contributed by atoms with E-state index in [9.17, 15) is 18.0 Å². The fraction of sp³-hybridized carbons (Fsp3) is 0.286. The molecule has 1 aliphatic heterocycles. The predicted molar refractivity (Wildman–Crippen MR) is 98.4 cm³/mol. The molecular weight excluding hydrogens is 371 g/mol. The van der Waals surface area contributed by atoms with Crippen LogP contribution in [-0.4, -0.2) is 18.2 Å². The summed E-state index contributed by atoms with van der Waals surface area (Å²) in [5.41, 5.74) is 4.57. The molecule has 3 rings (SSSR count). The van der Waals surface area contributed by atoms with E-state index in [1.54, 1.807) is 26.0 Å². The first-order valence-electron chi connectivity index (χ1n) is 8.74. The van der Waals surface area contributed by atoms with Gasteiger partial charge in [0.05, 0.1) is 11.6 Å². The van der Waals surface area contributed by atoms with Crippen LogP contribution in [0.15, 0.2) is 48.0 Å². The molecule has 0 aliphatic carbocycles. The summed E-state index contributed by atoms with van der Waals surface area (Å²) < 4.78 is 45.8. The van der Waals surface area contributed by atoms with Crippen molar-refractivity contribution in [1.29, 1.82) is 0 Å². The van der Waals surface area contributed by atoms with Crippen molar-refractivity contribution in [2.75, 3.05) is 0 Å². The third-order valence-electron chi connectivity index (χ3n) is 4.44. The van der Waals surface area contributed by atoms with Gasteiger partial charge in [-0.25, -0.2) is 4.79 Å². The standard InChI is InChI=1S/C21H20F3NO3/c1-12-9-13(2)18-16(10-12)11-17(19(27-18)21(22,23)24)20(26)28-25-14(3)15-7-5-4-6-8-15/h4-11,14,19,25H,1-3H3/t14-,19-/m1/s1. The molecule has 0 saturated heterocycles. The number of rotatable bonds is 4. The molecule has 1 N–H and O–H groups in total. The van der Waals surface area contributed by atoms with Crippen LogP contribution < -0.4 is 10.2 Å². The van der Waals surface area contributed by atoms with Gasteiger partial charge in [-0.1, -0.05) is 42.0 Å². The van der Waals surface area contributed by atoms with Crippen LogP contribution in [0, 0.1) is 13.8 Å². The Hall–Kier alpha value is -2.80. The number of alkyl halides is 3. The second kappa shape index (κ2) is 7.67. The van der Waals surface area contributed by atoms with Crippen LogP contribution in [0.3, 0.4) is 0 Å². The number of benzene rings is 2. The summed E-state index contributed by atoms with van der Waals surface area (Å²) >= 11 is 0. The lowest BCUT2D eigenvalue weighted by Gasteiger charge is -2.29. The van der Waals surface area contributed by atoms with Gasteiger partial charge >= 0.3 is 12.1 Å². The van der Waals surface area contributed by atoms with Crippen LogP contribution in [-0.2, 0) is 9.63 Å². The Morgan fingerprint density at radius 1 is 1.18 bits per heavy atom. The molecular formula is C21H20F3NO3. The fourth-order valence-corrected chi connectivity index (χ4v) is 3.10. The van der Waals surface area contributed by atoms with Crippen molar-refractivity contribution in [3.8, 4) is 5.75 Å². The lowest BCUT2D eigenvalue weighted by atomic mass is 9.97. The number of nitrogens with one attached hydrogen (secondary N) is 1. The molecule has 1 aliphatic rings. The second-order valence-electron chi connectivity index (χ2n) is 6.78. The molecule has 4 nitrogen and oxygen atoms in total. The smallest absolute Gasteiger partial charge is 0.430 e. The van der Waals surface area contributed by atoms with Crippen LogP contribution in [0.25, 0.3) is 6.08 Å². The van der Waals surface area contributed by atoms with Crippen molar-refractivity contribution in [2.45, 2.75) is 39.1 Å². The normalized spacial score (nSPS) is 17.2. The number of ether oxygens (including phenoxy) is 1. The number of carbonyl (C=O) groups is 1. The van der Waals surface area contributed by atoms with Gasteiger partial charge in [-0.3, -0.25) is 0 Å². The number of hydroxylamine groups is 1. The van der Waals surface area contributed by atoms with Crippen molar-refractivity contribution in [3.05, 3.63) is 70.3 Å². The van der Waals surface area contributed by atoms with E-state index in [0.717, 1.165) is 11.1 Å². The second-order valence-corrected chi connectivity index (χ2v) is 6.78. The van der Waals surface area contributed by atoms with Crippen molar-refractivity contribution in [2.24, 2.45) is 0 Å². The molecule has 0 fully saturated rings. The molecule has 0 amide bonds. The molecule has 1 heterocycles. The number of halogens is 3. The molecule has 2 atom stereocenters. The molecule has 2 aromatic rings. The zero-order valence-electron chi connectivity index (χ0n) is 15.6. The molecule has 0 radical (unpaired) electrons. The summed E-state index contributed by atoms with van der Waals surface area (Å²) in [6, 6.07) is 12.1. The highest BCUT2D eigenvalue weighted by Crippen LogP contribution is 2.39. The van der Waals surface area contributed by atoms with Crippen LogP contribution >= 0.6 is 0 Å².